The number of hydrogen-bond acceptors (Lipinski definition) is 3. The number of hydrogen-bond donors (Lipinski definition) is 1. The van der Waals surface area contributed by atoms with E-state index in [9.17, 15) is 4.79 Å². The Labute approximate surface area is 118 Å². The third-order valence-electron chi connectivity index (χ3n) is 2.95. The van der Waals surface area contributed by atoms with Crippen LogP contribution in [0.1, 0.15) is 18.2 Å². The normalized spacial score (nSPS) is 10.8. The fourth-order valence-electron chi connectivity index (χ4n) is 1.87. The van der Waals surface area contributed by atoms with Crippen LogP contribution in [0.5, 0.6) is 0 Å². The summed E-state index contributed by atoms with van der Waals surface area (Å²) in [6, 6.07) is 11.1. The Morgan fingerprint density at radius 3 is 2.85 bits per heavy atom. The van der Waals surface area contributed by atoms with Gasteiger partial charge in [-0.2, -0.15) is 0 Å². The van der Waals surface area contributed by atoms with Gasteiger partial charge < -0.3 is 15.1 Å². The number of carbonyl (C=O) groups is 1. The predicted octanol–water partition coefficient (Wildman–Crippen LogP) is 2.92. The molecule has 0 aliphatic carbocycles. The SMILES string of the molecule is CCN(Cc1ccco1)C(=O)/C=C/c1cccc(N)c1. The first-order chi connectivity index (χ1) is 9.69. The lowest BCUT2D eigenvalue weighted by Gasteiger charge is -2.17. The molecule has 0 radical (unpaired) electrons. The van der Waals surface area contributed by atoms with E-state index in [1.807, 2.05) is 43.3 Å². The standard InChI is InChI=1S/C16H18N2O2/c1-2-18(12-15-7-4-10-20-15)16(19)9-8-13-5-3-6-14(17)11-13/h3-11H,2,12,17H2,1H3/b9-8+. The van der Waals surface area contributed by atoms with Gasteiger partial charge in [0.1, 0.15) is 5.76 Å². The molecule has 2 rings (SSSR count). The molecule has 1 amide bonds. The Hall–Kier alpha value is -2.49. The number of rotatable bonds is 5. The van der Waals surface area contributed by atoms with E-state index in [1.54, 1.807) is 23.3 Å². The largest absolute Gasteiger partial charge is 0.467 e. The Morgan fingerprint density at radius 2 is 2.20 bits per heavy atom. The first-order valence-electron chi connectivity index (χ1n) is 6.54. The van der Waals surface area contributed by atoms with E-state index >= 15 is 0 Å². The molecular weight excluding hydrogens is 252 g/mol. The highest BCUT2D eigenvalue weighted by atomic mass is 16.3. The fourth-order valence-corrected chi connectivity index (χ4v) is 1.87. The second-order valence-corrected chi connectivity index (χ2v) is 4.44. The fraction of sp³-hybridized carbons (Fsp3) is 0.188. The monoisotopic (exact) mass is 270 g/mol. The van der Waals surface area contributed by atoms with E-state index in [0.29, 0.717) is 18.8 Å². The summed E-state index contributed by atoms with van der Waals surface area (Å²) in [4.78, 5) is 13.8. The third-order valence-corrected chi connectivity index (χ3v) is 2.95. The molecule has 1 heterocycles. The third kappa shape index (κ3) is 3.75. The molecule has 2 N–H and O–H groups in total. The molecule has 0 spiro atoms. The van der Waals surface area contributed by atoms with E-state index in [4.69, 9.17) is 10.2 Å². The van der Waals surface area contributed by atoms with Crippen LogP contribution in [0.25, 0.3) is 6.08 Å². The molecule has 1 aromatic carbocycles. The Balaban J connectivity index is 2.02. The van der Waals surface area contributed by atoms with Crippen LogP contribution in [0.4, 0.5) is 5.69 Å². The molecule has 20 heavy (non-hydrogen) atoms. The van der Waals surface area contributed by atoms with Gasteiger partial charge in [0.05, 0.1) is 12.8 Å². The number of furan rings is 1. The second-order valence-electron chi connectivity index (χ2n) is 4.44. The molecule has 4 nitrogen and oxygen atoms in total. The van der Waals surface area contributed by atoms with Crippen LogP contribution >= 0.6 is 0 Å². The molecule has 0 unspecified atom stereocenters. The molecule has 0 aliphatic heterocycles. The zero-order chi connectivity index (χ0) is 14.4. The Morgan fingerprint density at radius 1 is 1.35 bits per heavy atom. The van der Waals surface area contributed by atoms with Gasteiger partial charge in [0.15, 0.2) is 0 Å². The highest BCUT2D eigenvalue weighted by Crippen LogP contribution is 2.10. The van der Waals surface area contributed by atoms with E-state index in [1.165, 1.54) is 0 Å². The summed E-state index contributed by atoms with van der Waals surface area (Å²) in [7, 11) is 0. The zero-order valence-corrected chi connectivity index (χ0v) is 11.5. The molecule has 0 aliphatic rings. The van der Waals surface area contributed by atoms with Crippen LogP contribution in [-0.2, 0) is 11.3 Å². The predicted molar refractivity (Wildman–Crippen MR) is 79.7 cm³/mol. The van der Waals surface area contributed by atoms with Crippen molar-refractivity contribution in [2.24, 2.45) is 0 Å². The maximum atomic E-state index is 12.1. The van der Waals surface area contributed by atoms with Crippen LogP contribution in [0, 0.1) is 0 Å². The molecule has 4 heteroatoms. The molecule has 0 saturated carbocycles. The van der Waals surface area contributed by atoms with Crippen molar-refractivity contribution < 1.29 is 9.21 Å². The van der Waals surface area contributed by atoms with Gasteiger partial charge in [0, 0.05) is 18.3 Å². The molecule has 104 valence electrons. The summed E-state index contributed by atoms with van der Waals surface area (Å²) in [5, 5.41) is 0. The van der Waals surface area contributed by atoms with Crippen LogP contribution in [0.2, 0.25) is 0 Å². The molecule has 1 aromatic heterocycles. The second kappa shape index (κ2) is 6.61. The first kappa shape index (κ1) is 13.9. The number of benzene rings is 1. The Kier molecular flexibility index (Phi) is 4.60. The lowest BCUT2D eigenvalue weighted by molar-refractivity contribution is -0.126. The smallest absolute Gasteiger partial charge is 0.246 e. The van der Waals surface area contributed by atoms with Crippen molar-refractivity contribution in [3.05, 3.63) is 60.1 Å². The number of amides is 1. The summed E-state index contributed by atoms with van der Waals surface area (Å²) in [5.41, 5.74) is 7.29. The maximum Gasteiger partial charge on any atom is 0.246 e. The summed E-state index contributed by atoms with van der Waals surface area (Å²) >= 11 is 0. The van der Waals surface area contributed by atoms with Crippen molar-refractivity contribution in [2.75, 3.05) is 12.3 Å². The van der Waals surface area contributed by atoms with Crippen LogP contribution in [0.3, 0.4) is 0 Å². The molecule has 0 saturated heterocycles. The minimum Gasteiger partial charge on any atom is -0.467 e. The lowest BCUT2D eigenvalue weighted by atomic mass is 10.2. The average molecular weight is 270 g/mol. The summed E-state index contributed by atoms with van der Waals surface area (Å²) < 4.78 is 5.26. The summed E-state index contributed by atoms with van der Waals surface area (Å²) in [6.07, 6.45) is 4.93. The number of nitrogens with two attached hydrogens (primary N) is 1. The van der Waals surface area contributed by atoms with Crippen LogP contribution < -0.4 is 5.73 Å². The van der Waals surface area contributed by atoms with Gasteiger partial charge in [-0.25, -0.2) is 0 Å². The Bertz CT molecular complexity index is 588. The summed E-state index contributed by atoms with van der Waals surface area (Å²) in [5.74, 6) is 0.726. The van der Waals surface area contributed by atoms with Crippen LogP contribution in [-0.4, -0.2) is 17.4 Å². The summed E-state index contributed by atoms with van der Waals surface area (Å²) in [6.45, 7) is 3.04. The zero-order valence-electron chi connectivity index (χ0n) is 11.5. The van der Waals surface area contributed by atoms with Crippen molar-refractivity contribution in [1.82, 2.24) is 4.90 Å². The van der Waals surface area contributed by atoms with Gasteiger partial charge >= 0.3 is 0 Å². The van der Waals surface area contributed by atoms with Gasteiger partial charge in [-0.15, -0.1) is 0 Å². The van der Waals surface area contributed by atoms with Crippen molar-refractivity contribution in [1.29, 1.82) is 0 Å². The van der Waals surface area contributed by atoms with Crippen molar-refractivity contribution >= 4 is 17.7 Å². The van der Waals surface area contributed by atoms with Crippen molar-refractivity contribution in [3.8, 4) is 0 Å². The van der Waals surface area contributed by atoms with Gasteiger partial charge in [-0.3, -0.25) is 4.79 Å². The number of nitrogens with zero attached hydrogens (tertiary/aromatic N) is 1. The molecule has 2 aromatic rings. The first-order valence-corrected chi connectivity index (χ1v) is 6.54. The minimum absolute atomic E-state index is 0.0497. The van der Waals surface area contributed by atoms with Gasteiger partial charge in [-0.05, 0) is 42.8 Å². The number of anilines is 1. The molecule has 0 fully saturated rings. The van der Waals surface area contributed by atoms with E-state index < -0.39 is 0 Å². The topological polar surface area (TPSA) is 59.5 Å². The molecule has 0 atom stereocenters. The van der Waals surface area contributed by atoms with Gasteiger partial charge in [-0.1, -0.05) is 12.1 Å². The van der Waals surface area contributed by atoms with Gasteiger partial charge in [0.2, 0.25) is 5.91 Å². The lowest BCUT2D eigenvalue weighted by Crippen LogP contribution is -2.28. The number of carbonyl (C=O) groups excluding carboxylic acids is 1. The van der Waals surface area contributed by atoms with Gasteiger partial charge in [0.25, 0.3) is 0 Å². The van der Waals surface area contributed by atoms with E-state index in [-0.39, 0.29) is 5.91 Å². The van der Waals surface area contributed by atoms with Crippen LogP contribution in [0.15, 0.2) is 53.2 Å². The highest BCUT2D eigenvalue weighted by molar-refractivity contribution is 5.91. The van der Waals surface area contributed by atoms with Crippen molar-refractivity contribution in [2.45, 2.75) is 13.5 Å². The molecular formula is C16H18N2O2. The quantitative estimate of drug-likeness (QED) is 0.671. The van der Waals surface area contributed by atoms with E-state index in [2.05, 4.69) is 0 Å². The number of likely N-dealkylation sites (N-methyl/N-ethyl adjacent to an activating group) is 1. The van der Waals surface area contributed by atoms with Crippen molar-refractivity contribution in [3.63, 3.8) is 0 Å². The average Bonchev–Trinajstić information content (AvgIpc) is 2.95. The van der Waals surface area contributed by atoms with E-state index in [0.717, 1.165) is 11.3 Å². The minimum atomic E-state index is -0.0497. The number of nitrogen functional groups attached to an aromatic ring is 1. The maximum absolute atomic E-state index is 12.1. The molecule has 0 bridgehead atoms. The highest BCUT2D eigenvalue weighted by Gasteiger charge is 2.10.